The molecule has 1 rings (SSSR count). The van der Waals surface area contributed by atoms with Gasteiger partial charge in [-0.05, 0) is 36.5 Å². The maximum Gasteiger partial charge on any atom is 0.328 e. The van der Waals surface area contributed by atoms with E-state index in [0.29, 0.717) is 0 Å². The fourth-order valence-electron chi connectivity index (χ4n) is 3.51. The maximum absolute atomic E-state index is 12.2. The molecule has 0 spiro atoms. The summed E-state index contributed by atoms with van der Waals surface area (Å²) >= 11 is 0. The van der Waals surface area contributed by atoms with Crippen LogP contribution in [-0.2, 0) is 20.4 Å². The SMILES string of the molecule is CCCC[Si](CCCC)(CCCCCc1ccccc1)OC(=O)/C=C\C(=O)O. The predicted molar refractivity (Wildman–Crippen MR) is 117 cm³/mol. The van der Waals surface area contributed by atoms with E-state index in [2.05, 4.69) is 38.1 Å². The molecule has 0 heterocycles. The van der Waals surface area contributed by atoms with Gasteiger partial charge in [0.1, 0.15) is 0 Å². The molecule has 156 valence electrons. The van der Waals surface area contributed by atoms with Gasteiger partial charge in [0.25, 0.3) is 8.32 Å². The number of aliphatic carboxylic acids is 1. The largest absolute Gasteiger partial charge is 0.516 e. The first-order valence-electron chi connectivity index (χ1n) is 10.7. The number of hydrogen-bond acceptors (Lipinski definition) is 3. The topological polar surface area (TPSA) is 63.6 Å². The van der Waals surface area contributed by atoms with Gasteiger partial charge in [-0.3, -0.25) is 0 Å². The van der Waals surface area contributed by atoms with Crippen LogP contribution in [0.2, 0.25) is 18.1 Å². The first-order chi connectivity index (χ1) is 13.5. The second-order valence-corrected chi connectivity index (χ2v) is 11.6. The maximum atomic E-state index is 12.2. The van der Waals surface area contributed by atoms with Crippen molar-refractivity contribution in [3.63, 3.8) is 0 Å². The Morgan fingerprint density at radius 1 is 0.893 bits per heavy atom. The zero-order valence-electron chi connectivity index (χ0n) is 17.5. The molecule has 0 bridgehead atoms. The molecule has 0 fully saturated rings. The van der Waals surface area contributed by atoms with Crippen molar-refractivity contribution < 1.29 is 19.1 Å². The molecule has 0 amide bonds. The van der Waals surface area contributed by atoms with Crippen LogP contribution in [0.25, 0.3) is 0 Å². The number of carbonyl (C=O) groups is 2. The highest BCUT2D eigenvalue weighted by Gasteiger charge is 2.36. The third kappa shape index (κ3) is 10.5. The molecule has 5 heteroatoms. The Kier molecular flexibility index (Phi) is 12.2. The van der Waals surface area contributed by atoms with Crippen molar-refractivity contribution in [2.24, 2.45) is 0 Å². The summed E-state index contributed by atoms with van der Waals surface area (Å²) in [6.45, 7) is 4.32. The lowest BCUT2D eigenvalue weighted by Crippen LogP contribution is -2.40. The highest BCUT2D eigenvalue weighted by atomic mass is 28.4. The van der Waals surface area contributed by atoms with Gasteiger partial charge in [0, 0.05) is 12.2 Å². The van der Waals surface area contributed by atoms with Crippen molar-refractivity contribution in [2.45, 2.75) is 83.3 Å². The normalized spacial score (nSPS) is 11.6. The van der Waals surface area contributed by atoms with Crippen LogP contribution in [0.4, 0.5) is 0 Å². The number of hydrogen-bond donors (Lipinski definition) is 1. The summed E-state index contributed by atoms with van der Waals surface area (Å²) in [7, 11) is -2.20. The average molecular weight is 405 g/mol. The minimum atomic E-state index is -2.20. The van der Waals surface area contributed by atoms with E-state index in [1.165, 1.54) is 5.56 Å². The number of carbonyl (C=O) groups excluding carboxylic acids is 1. The van der Waals surface area contributed by atoms with E-state index in [0.717, 1.165) is 81.7 Å². The summed E-state index contributed by atoms with van der Waals surface area (Å²) in [5, 5.41) is 8.75. The number of benzene rings is 1. The average Bonchev–Trinajstić information content (AvgIpc) is 2.69. The quantitative estimate of drug-likeness (QED) is 0.217. The summed E-state index contributed by atoms with van der Waals surface area (Å²) < 4.78 is 6.01. The first kappa shape index (κ1) is 24.2. The van der Waals surface area contributed by atoms with Gasteiger partial charge in [-0.15, -0.1) is 0 Å². The molecule has 1 aromatic carbocycles. The standard InChI is InChI=1S/C23H36O4Si/c1-3-5-18-28(19-6-4-2,27-23(26)17-16-22(24)25)20-12-8-11-15-21-13-9-7-10-14-21/h7,9-10,13-14,16-17H,3-6,8,11-12,15,18-20H2,1-2H3,(H,24,25)/b17-16-. The Morgan fingerprint density at radius 3 is 2.07 bits per heavy atom. The summed E-state index contributed by atoms with van der Waals surface area (Å²) in [5.74, 6) is -1.60. The molecule has 0 unspecified atom stereocenters. The number of rotatable bonds is 15. The molecule has 0 saturated carbocycles. The summed E-state index contributed by atoms with van der Waals surface area (Å²) in [4.78, 5) is 22.9. The summed E-state index contributed by atoms with van der Waals surface area (Å²) in [6, 6.07) is 13.5. The van der Waals surface area contributed by atoms with Crippen molar-refractivity contribution in [1.82, 2.24) is 0 Å². The molecule has 0 radical (unpaired) electrons. The molecular formula is C23H36O4Si. The second kappa shape index (κ2) is 14.2. The van der Waals surface area contributed by atoms with E-state index < -0.39 is 20.3 Å². The lowest BCUT2D eigenvalue weighted by atomic mass is 10.1. The van der Waals surface area contributed by atoms with Crippen LogP contribution in [0.3, 0.4) is 0 Å². The fourth-order valence-corrected chi connectivity index (χ4v) is 7.95. The zero-order chi connectivity index (χ0) is 20.7. The molecule has 0 aliphatic rings. The van der Waals surface area contributed by atoms with E-state index in [1.54, 1.807) is 0 Å². The molecule has 28 heavy (non-hydrogen) atoms. The van der Waals surface area contributed by atoms with Crippen LogP contribution in [0.15, 0.2) is 42.5 Å². The Labute approximate surface area is 171 Å². The van der Waals surface area contributed by atoms with Crippen LogP contribution in [-0.4, -0.2) is 25.4 Å². The molecule has 0 aromatic heterocycles. The molecule has 0 atom stereocenters. The molecule has 1 aromatic rings. The van der Waals surface area contributed by atoms with Crippen molar-refractivity contribution in [3.05, 3.63) is 48.0 Å². The summed E-state index contributed by atoms with van der Waals surface area (Å²) in [5.41, 5.74) is 1.37. The number of carboxylic acids is 1. The van der Waals surface area contributed by atoms with Crippen LogP contribution in [0, 0.1) is 0 Å². The van der Waals surface area contributed by atoms with Gasteiger partial charge in [-0.25, -0.2) is 9.59 Å². The first-order valence-corrected chi connectivity index (χ1v) is 13.2. The Hall–Kier alpha value is -1.88. The van der Waals surface area contributed by atoms with E-state index in [4.69, 9.17) is 9.53 Å². The number of unbranched alkanes of at least 4 members (excludes halogenated alkanes) is 4. The Morgan fingerprint density at radius 2 is 1.50 bits per heavy atom. The third-order valence-corrected chi connectivity index (χ3v) is 9.52. The Bertz CT molecular complexity index is 590. The van der Waals surface area contributed by atoms with Gasteiger partial charge in [-0.1, -0.05) is 82.7 Å². The van der Waals surface area contributed by atoms with Gasteiger partial charge in [-0.2, -0.15) is 0 Å². The van der Waals surface area contributed by atoms with Crippen molar-refractivity contribution in [3.8, 4) is 0 Å². The van der Waals surface area contributed by atoms with Crippen molar-refractivity contribution >= 4 is 20.3 Å². The fraction of sp³-hybridized carbons (Fsp3) is 0.565. The number of aryl methyl sites for hydroxylation is 1. The van der Waals surface area contributed by atoms with Gasteiger partial charge < -0.3 is 9.53 Å². The van der Waals surface area contributed by atoms with Gasteiger partial charge in [0.15, 0.2) is 0 Å². The van der Waals surface area contributed by atoms with Crippen LogP contribution in [0.5, 0.6) is 0 Å². The minimum Gasteiger partial charge on any atom is -0.516 e. The van der Waals surface area contributed by atoms with E-state index in [9.17, 15) is 9.59 Å². The zero-order valence-corrected chi connectivity index (χ0v) is 18.5. The number of carboxylic acid groups (broad SMARTS) is 1. The predicted octanol–water partition coefficient (Wildman–Crippen LogP) is 6.13. The smallest absolute Gasteiger partial charge is 0.328 e. The second-order valence-electron chi connectivity index (χ2n) is 7.53. The van der Waals surface area contributed by atoms with E-state index in [1.807, 2.05) is 6.07 Å². The van der Waals surface area contributed by atoms with Crippen molar-refractivity contribution in [1.29, 1.82) is 0 Å². The highest BCUT2D eigenvalue weighted by molar-refractivity contribution is 6.75. The minimum absolute atomic E-state index is 0.481. The van der Waals surface area contributed by atoms with Gasteiger partial charge in [0.05, 0.1) is 0 Å². The van der Waals surface area contributed by atoms with Crippen molar-refractivity contribution in [2.75, 3.05) is 0 Å². The van der Waals surface area contributed by atoms with Crippen LogP contribution >= 0.6 is 0 Å². The molecule has 4 nitrogen and oxygen atoms in total. The lowest BCUT2D eigenvalue weighted by Gasteiger charge is -2.31. The molecule has 0 aliphatic carbocycles. The molecule has 1 N–H and O–H groups in total. The molecule has 0 saturated heterocycles. The van der Waals surface area contributed by atoms with E-state index in [-0.39, 0.29) is 0 Å². The van der Waals surface area contributed by atoms with Gasteiger partial charge >= 0.3 is 11.9 Å². The van der Waals surface area contributed by atoms with Crippen LogP contribution < -0.4 is 0 Å². The molecule has 0 aliphatic heterocycles. The molecular weight excluding hydrogens is 368 g/mol. The van der Waals surface area contributed by atoms with Crippen LogP contribution in [0.1, 0.15) is 64.4 Å². The summed E-state index contributed by atoms with van der Waals surface area (Å²) in [6.07, 6.45) is 10.7. The Balaban J connectivity index is 2.65. The van der Waals surface area contributed by atoms with Gasteiger partial charge in [0.2, 0.25) is 0 Å². The third-order valence-electron chi connectivity index (χ3n) is 5.09. The monoisotopic (exact) mass is 404 g/mol. The highest BCUT2D eigenvalue weighted by Crippen LogP contribution is 2.30. The van der Waals surface area contributed by atoms with E-state index >= 15 is 0 Å². The lowest BCUT2D eigenvalue weighted by molar-refractivity contribution is -0.133.